The first kappa shape index (κ1) is 26.1. The molecular formula is C23H16Cl5N3O3. The molecule has 34 heavy (non-hydrogen) atoms. The lowest BCUT2D eigenvalue weighted by atomic mass is 10.2. The molecule has 0 spiro atoms. The Morgan fingerprint density at radius 1 is 0.824 bits per heavy atom. The van der Waals surface area contributed by atoms with E-state index in [1.165, 1.54) is 18.3 Å². The molecule has 0 atom stereocenters. The molecule has 176 valence electrons. The van der Waals surface area contributed by atoms with Gasteiger partial charge in [-0.25, -0.2) is 5.43 Å². The highest BCUT2D eigenvalue weighted by Crippen LogP contribution is 2.26. The maximum absolute atomic E-state index is 12.1. The Kier molecular flexibility index (Phi) is 9.45. The third-order valence-electron chi connectivity index (χ3n) is 4.29. The molecule has 0 unspecified atom stereocenters. The van der Waals surface area contributed by atoms with Crippen molar-refractivity contribution in [2.24, 2.45) is 5.10 Å². The van der Waals surface area contributed by atoms with E-state index in [1.54, 1.807) is 42.5 Å². The van der Waals surface area contributed by atoms with E-state index >= 15 is 0 Å². The second-order valence-corrected chi connectivity index (χ2v) is 8.95. The van der Waals surface area contributed by atoms with Crippen molar-refractivity contribution >= 4 is 81.7 Å². The summed E-state index contributed by atoms with van der Waals surface area (Å²) in [7, 11) is 0. The van der Waals surface area contributed by atoms with Crippen LogP contribution in [0, 0.1) is 0 Å². The third kappa shape index (κ3) is 7.79. The van der Waals surface area contributed by atoms with E-state index in [0.717, 1.165) is 5.56 Å². The first-order valence-corrected chi connectivity index (χ1v) is 11.5. The van der Waals surface area contributed by atoms with Crippen LogP contribution in [-0.4, -0.2) is 18.0 Å². The molecule has 0 aromatic heterocycles. The van der Waals surface area contributed by atoms with Gasteiger partial charge in [0.15, 0.2) is 0 Å². The average Bonchev–Trinajstić information content (AvgIpc) is 2.76. The summed E-state index contributed by atoms with van der Waals surface area (Å²) in [5.41, 5.74) is 3.96. The maximum atomic E-state index is 12.1. The Morgan fingerprint density at radius 3 is 2.29 bits per heavy atom. The minimum absolute atomic E-state index is 0.180. The van der Waals surface area contributed by atoms with Gasteiger partial charge in [-0.2, -0.15) is 5.10 Å². The summed E-state index contributed by atoms with van der Waals surface area (Å²) in [6.45, 7) is 0.180. The van der Waals surface area contributed by atoms with E-state index in [0.29, 0.717) is 37.1 Å². The fourth-order valence-corrected chi connectivity index (χ4v) is 3.63. The molecule has 3 rings (SSSR count). The number of hydrogen-bond acceptors (Lipinski definition) is 4. The summed E-state index contributed by atoms with van der Waals surface area (Å²) >= 11 is 29.9. The second-order valence-electron chi connectivity index (χ2n) is 6.85. The number of anilines is 1. The molecule has 0 saturated carbocycles. The minimum Gasteiger partial charge on any atom is -0.488 e. The predicted molar refractivity (Wildman–Crippen MR) is 138 cm³/mol. The van der Waals surface area contributed by atoms with Crippen LogP contribution in [0.25, 0.3) is 0 Å². The predicted octanol–water partition coefficient (Wildman–Crippen LogP) is 7.01. The number of ether oxygens (including phenoxy) is 1. The number of carbonyl (C=O) groups excluding carboxylic acids is 2. The molecule has 0 heterocycles. The zero-order chi connectivity index (χ0) is 24.7. The number of hydrogen-bond donors (Lipinski definition) is 2. The number of hydrazone groups is 1. The quantitative estimate of drug-likeness (QED) is 0.177. The van der Waals surface area contributed by atoms with Crippen molar-refractivity contribution in [3.63, 3.8) is 0 Å². The van der Waals surface area contributed by atoms with E-state index in [1.807, 2.05) is 0 Å². The molecule has 0 aliphatic heterocycles. The van der Waals surface area contributed by atoms with Gasteiger partial charge >= 0.3 is 0 Å². The molecule has 0 saturated heterocycles. The highest BCUT2D eigenvalue weighted by atomic mass is 35.5. The molecule has 11 heteroatoms. The number of halogens is 5. The second kappa shape index (κ2) is 12.3. The first-order valence-electron chi connectivity index (χ1n) is 9.64. The number of carbonyl (C=O) groups is 2. The van der Waals surface area contributed by atoms with Crippen LogP contribution >= 0.6 is 58.0 Å². The van der Waals surface area contributed by atoms with Crippen molar-refractivity contribution < 1.29 is 14.3 Å². The van der Waals surface area contributed by atoms with Crippen molar-refractivity contribution in [3.8, 4) is 5.75 Å². The normalized spacial score (nSPS) is 10.9. The van der Waals surface area contributed by atoms with Crippen LogP contribution in [0.1, 0.15) is 17.5 Å². The molecule has 2 amide bonds. The largest absolute Gasteiger partial charge is 0.488 e. The third-order valence-corrected chi connectivity index (χ3v) is 5.85. The summed E-state index contributed by atoms with van der Waals surface area (Å²) < 4.78 is 5.83. The Labute approximate surface area is 220 Å². The smallest absolute Gasteiger partial charge is 0.249 e. The van der Waals surface area contributed by atoms with Crippen LogP contribution in [0.15, 0.2) is 59.7 Å². The van der Waals surface area contributed by atoms with E-state index in [2.05, 4.69) is 15.8 Å². The molecule has 6 nitrogen and oxygen atoms in total. The molecule has 2 N–H and O–H groups in total. The van der Waals surface area contributed by atoms with Crippen molar-refractivity contribution in [2.75, 3.05) is 5.32 Å². The van der Waals surface area contributed by atoms with Crippen molar-refractivity contribution in [1.82, 2.24) is 5.43 Å². The lowest BCUT2D eigenvalue weighted by Crippen LogP contribution is -2.24. The van der Waals surface area contributed by atoms with E-state index in [4.69, 9.17) is 62.7 Å². The molecule has 3 aromatic carbocycles. The summed E-state index contributed by atoms with van der Waals surface area (Å²) in [5, 5.41) is 8.53. The van der Waals surface area contributed by atoms with Crippen LogP contribution in [0.5, 0.6) is 5.75 Å². The van der Waals surface area contributed by atoms with Crippen molar-refractivity contribution in [3.05, 3.63) is 90.8 Å². The van der Waals surface area contributed by atoms with Gasteiger partial charge in [0.05, 0.1) is 16.3 Å². The summed E-state index contributed by atoms with van der Waals surface area (Å²) in [5.74, 6) is -0.699. The number of amides is 2. The lowest BCUT2D eigenvalue weighted by molar-refractivity contribution is -0.126. The number of nitrogens with zero attached hydrogens (tertiary/aromatic N) is 1. The van der Waals surface area contributed by atoms with Gasteiger partial charge in [-0.05, 0) is 48.5 Å². The Morgan fingerprint density at radius 2 is 1.56 bits per heavy atom. The van der Waals surface area contributed by atoms with Gasteiger partial charge in [-0.1, -0.05) is 64.1 Å². The van der Waals surface area contributed by atoms with Gasteiger partial charge < -0.3 is 10.1 Å². The Balaban J connectivity index is 1.57. The van der Waals surface area contributed by atoms with Crippen LogP contribution < -0.4 is 15.5 Å². The van der Waals surface area contributed by atoms with Crippen molar-refractivity contribution in [2.45, 2.75) is 13.0 Å². The van der Waals surface area contributed by atoms with Gasteiger partial charge in [0.2, 0.25) is 11.8 Å². The van der Waals surface area contributed by atoms with Gasteiger partial charge in [0, 0.05) is 31.9 Å². The topological polar surface area (TPSA) is 79.8 Å². The minimum atomic E-state index is -0.619. The molecular weight excluding hydrogens is 544 g/mol. The molecule has 3 aromatic rings. The SMILES string of the molecule is O=C(CC(=O)Nc1ccc(Cl)c(Cl)c1)NN=Cc1cc(Cl)ccc1OCc1ccc(Cl)cc1Cl. The maximum Gasteiger partial charge on any atom is 0.249 e. The van der Waals surface area contributed by atoms with Gasteiger partial charge in [0.1, 0.15) is 18.8 Å². The monoisotopic (exact) mass is 557 g/mol. The summed E-state index contributed by atoms with van der Waals surface area (Å²) in [6.07, 6.45) is 0.908. The van der Waals surface area contributed by atoms with Crippen LogP contribution in [-0.2, 0) is 16.2 Å². The van der Waals surface area contributed by atoms with Crippen LogP contribution in [0.3, 0.4) is 0 Å². The van der Waals surface area contributed by atoms with Crippen LogP contribution in [0.2, 0.25) is 25.1 Å². The van der Waals surface area contributed by atoms with Crippen molar-refractivity contribution in [1.29, 1.82) is 0 Å². The molecule has 0 fully saturated rings. The highest BCUT2D eigenvalue weighted by Gasteiger charge is 2.11. The zero-order valence-corrected chi connectivity index (χ0v) is 21.0. The lowest BCUT2D eigenvalue weighted by Gasteiger charge is -2.11. The molecule has 0 aliphatic carbocycles. The van der Waals surface area contributed by atoms with E-state index in [-0.39, 0.29) is 11.6 Å². The first-order chi connectivity index (χ1) is 16.2. The zero-order valence-electron chi connectivity index (χ0n) is 17.2. The van der Waals surface area contributed by atoms with Crippen LogP contribution in [0.4, 0.5) is 5.69 Å². The van der Waals surface area contributed by atoms with Gasteiger partial charge in [-0.15, -0.1) is 0 Å². The fraction of sp³-hybridized carbons (Fsp3) is 0.0870. The Bertz CT molecular complexity index is 1250. The Hall–Kier alpha value is -2.48. The standard InChI is InChI=1S/C23H16Cl5N3O3/c24-15-3-6-21(34-12-13-1-2-16(25)8-19(13)27)14(7-15)11-29-31-23(33)10-22(32)30-17-4-5-18(26)20(28)9-17/h1-9,11H,10,12H2,(H,30,32)(H,31,33). The summed E-state index contributed by atoms with van der Waals surface area (Å²) in [6, 6.07) is 14.6. The van der Waals surface area contributed by atoms with E-state index < -0.39 is 18.2 Å². The molecule has 0 radical (unpaired) electrons. The number of benzene rings is 3. The number of rotatable bonds is 8. The average molecular weight is 560 g/mol. The van der Waals surface area contributed by atoms with Gasteiger partial charge in [0.25, 0.3) is 0 Å². The summed E-state index contributed by atoms with van der Waals surface area (Å²) in [4.78, 5) is 24.1. The number of nitrogens with one attached hydrogen (secondary N) is 2. The van der Waals surface area contributed by atoms with E-state index in [9.17, 15) is 9.59 Å². The highest BCUT2D eigenvalue weighted by molar-refractivity contribution is 6.42. The molecule has 0 aliphatic rings. The fourth-order valence-electron chi connectivity index (χ4n) is 2.68. The molecule has 0 bridgehead atoms. The van der Waals surface area contributed by atoms with Gasteiger partial charge in [-0.3, -0.25) is 9.59 Å².